The van der Waals surface area contributed by atoms with Gasteiger partial charge in [0.05, 0.1) is 37.2 Å². The Bertz CT molecular complexity index is 1970. The maximum absolute atomic E-state index is 13.7. The van der Waals surface area contributed by atoms with Crippen molar-refractivity contribution in [1.82, 2.24) is 34.1 Å². The van der Waals surface area contributed by atoms with Crippen molar-refractivity contribution in [1.29, 1.82) is 0 Å². The average Bonchev–Trinajstić information content (AvgIpc) is 3.76. The van der Waals surface area contributed by atoms with Gasteiger partial charge in [-0.3, -0.25) is 22.7 Å². The number of aliphatic hydroxyl groups excluding tert-OH is 3. The minimum absolute atomic E-state index is 0.225. The second-order valence-corrected chi connectivity index (χ2v) is 17.3. The summed E-state index contributed by atoms with van der Waals surface area (Å²) in [4.78, 5) is 21.3. The molecule has 4 aliphatic rings. The lowest BCUT2D eigenvalue weighted by Crippen LogP contribution is -2.35. The number of thiol groups is 2. The first kappa shape index (κ1) is 32.9. The fourth-order valence-corrected chi connectivity index (χ4v) is 9.43. The number of aryl methyl sites for hydroxylation is 1. The smallest absolute Gasteiger partial charge is 0.386 e. The predicted octanol–water partition coefficient (Wildman–Crippen LogP) is 1.53. The van der Waals surface area contributed by atoms with Crippen molar-refractivity contribution in [2.45, 2.75) is 68.5 Å². The van der Waals surface area contributed by atoms with Gasteiger partial charge in [0.1, 0.15) is 66.3 Å². The van der Waals surface area contributed by atoms with E-state index in [1.54, 1.807) is 4.57 Å². The molecule has 3 saturated heterocycles. The van der Waals surface area contributed by atoms with E-state index in [2.05, 4.69) is 54.7 Å². The number of ether oxygens (including phenoxy) is 2. The van der Waals surface area contributed by atoms with Gasteiger partial charge in [-0.1, -0.05) is 24.5 Å². The molecule has 48 heavy (non-hydrogen) atoms. The molecule has 10 atom stereocenters. The number of nitrogens with zero attached hydrogens (tertiary/aromatic N) is 7. The van der Waals surface area contributed by atoms with Crippen LogP contribution < -0.4 is 5.32 Å². The van der Waals surface area contributed by atoms with E-state index in [0.717, 1.165) is 30.3 Å². The number of hydrogen-bond acceptors (Lipinski definition) is 17. The maximum Gasteiger partial charge on any atom is 0.386 e. The molecule has 4 aromatic rings. The van der Waals surface area contributed by atoms with Gasteiger partial charge in [0, 0.05) is 12.7 Å². The fraction of sp³-hybridized carbons (Fsp3) is 0.560. The largest absolute Gasteiger partial charge is 0.390 e. The van der Waals surface area contributed by atoms with Crippen LogP contribution in [0.2, 0.25) is 0 Å². The highest BCUT2D eigenvalue weighted by Gasteiger charge is 2.53. The zero-order chi connectivity index (χ0) is 33.4. The van der Waals surface area contributed by atoms with Crippen molar-refractivity contribution in [3.63, 3.8) is 0 Å². The molecular weight excluding hydrogens is 714 g/mol. The van der Waals surface area contributed by atoms with Crippen molar-refractivity contribution >= 4 is 66.1 Å². The molecule has 4 aliphatic heterocycles. The summed E-state index contributed by atoms with van der Waals surface area (Å²) in [5.41, 5.74) is 2.18. The summed E-state index contributed by atoms with van der Waals surface area (Å²) in [5, 5.41) is 36.5. The lowest BCUT2D eigenvalue weighted by molar-refractivity contribution is -0.0574. The number of rotatable bonds is 3. The normalized spacial score (nSPS) is 37.4. The van der Waals surface area contributed by atoms with E-state index < -0.39 is 82.5 Å². The Morgan fingerprint density at radius 2 is 1.58 bits per heavy atom. The summed E-state index contributed by atoms with van der Waals surface area (Å²) in [6.07, 6.45) is -3.07. The van der Waals surface area contributed by atoms with Gasteiger partial charge in [0.2, 0.25) is 0 Å². The fourth-order valence-electron chi connectivity index (χ4n) is 6.48. The van der Waals surface area contributed by atoms with E-state index in [4.69, 9.17) is 27.6 Å². The van der Waals surface area contributed by atoms with Crippen LogP contribution in [0, 0.1) is 0 Å². The highest BCUT2D eigenvalue weighted by atomic mass is 32.7. The number of fused-ring (bicyclic) bond motifs is 4. The maximum atomic E-state index is 13.7. The van der Waals surface area contributed by atoms with Gasteiger partial charge in [-0.15, -0.1) is 0 Å². The lowest BCUT2D eigenvalue weighted by atomic mass is 10.1. The predicted molar refractivity (Wildman–Crippen MR) is 170 cm³/mol. The summed E-state index contributed by atoms with van der Waals surface area (Å²) >= 11 is 8.31. The summed E-state index contributed by atoms with van der Waals surface area (Å²) in [6, 6.07) is 0. The van der Waals surface area contributed by atoms with Crippen molar-refractivity contribution in [3.8, 4) is 0 Å². The van der Waals surface area contributed by atoms with Crippen molar-refractivity contribution in [3.05, 3.63) is 36.4 Å². The van der Waals surface area contributed by atoms with Gasteiger partial charge < -0.3 is 34.7 Å². The third-order valence-electron chi connectivity index (χ3n) is 8.67. The van der Waals surface area contributed by atoms with Crippen LogP contribution in [0.4, 0.5) is 5.82 Å². The number of imidazole rings is 1. The van der Waals surface area contributed by atoms with Gasteiger partial charge in [0.25, 0.3) is 0 Å². The number of hydrogen-bond donors (Lipinski definition) is 6. The molecule has 258 valence electrons. The van der Waals surface area contributed by atoms with Crippen molar-refractivity contribution in [2.75, 3.05) is 25.1 Å². The highest BCUT2D eigenvalue weighted by molar-refractivity contribution is 8.44. The van der Waals surface area contributed by atoms with Crippen LogP contribution in [0.15, 0.2) is 25.2 Å². The molecule has 8 rings (SSSR count). The van der Waals surface area contributed by atoms with Crippen molar-refractivity contribution < 1.29 is 52.0 Å². The van der Waals surface area contributed by atoms with Crippen LogP contribution >= 0.6 is 38.1 Å². The Kier molecular flexibility index (Phi) is 8.59. The molecule has 0 radical (unpaired) electrons. The third-order valence-corrected chi connectivity index (χ3v) is 11.9. The molecule has 0 saturated carbocycles. The molecule has 8 heterocycles. The van der Waals surface area contributed by atoms with Crippen molar-refractivity contribution in [2.24, 2.45) is 0 Å². The van der Waals surface area contributed by atoms with E-state index >= 15 is 0 Å². The summed E-state index contributed by atoms with van der Waals surface area (Å²) in [5.74, 6) is 0.657. The van der Waals surface area contributed by atoms with E-state index in [-0.39, 0.29) is 16.9 Å². The Morgan fingerprint density at radius 3 is 2.38 bits per heavy atom. The lowest BCUT2D eigenvalue weighted by Gasteiger charge is -2.26. The molecule has 4 N–H and O–H groups in total. The van der Waals surface area contributed by atoms with Gasteiger partial charge in [-0.25, -0.2) is 34.0 Å². The van der Waals surface area contributed by atoms with Crippen LogP contribution in [0.25, 0.3) is 22.2 Å². The van der Waals surface area contributed by atoms with Gasteiger partial charge in [-0.05, 0) is 18.4 Å². The Morgan fingerprint density at radius 1 is 0.875 bits per heavy atom. The summed E-state index contributed by atoms with van der Waals surface area (Å²) < 4.78 is 65.3. The SMILES string of the molecule is O=P1(S)OC[C@H]2O[C@@H](n3cc4c5c(ncnc53)NCCC4)[C@H](O)[C@@H]2OP(=O)(S)OC[C@H]2O[C@@H](n3cnc4c(CO)ncnc43)[C@H](O1)[C@@H]2O. The van der Waals surface area contributed by atoms with E-state index in [9.17, 15) is 24.4 Å². The molecule has 2 bridgehead atoms. The first-order chi connectivity index (χ1) is 23.0. The second-order valence-electron chi connectivity index (χ2n) is 11.6. The van der Waals surface area contributed by atoms with Crippen LogP contribution in [-0.4, -0.2) is 106 Å². The number of aliphatic hydroxyl groups is 3. The second kappa shape index (κ2) is 12.5. The molecule has 2 unspecified atom stereocenters. The molecule has 23 heteroatoms. The monoisotopic (exact) mass is 744 g/mol. The third kappa shape index (κ3) is 5.77. The first-order valence-corrected chi connectivity index (χ1v) is 20.3. The highest BCUT2D eigenvalue weighted by Crippen LogP contribution is 2.60. The Labute approximate surface area is 281 Å². The zero-order valence-electron chi connectivity index (χ0n) is 24.7. The Hall–Kier alpha value is -2.23. The topological polar surface area (TPSA) is 237 Å². The molecule has 3 fully saturated rings. The molecular formula is C25H30N8O11P2S2. The van der Waals surface area contributed by atoms with Crippen LogP contribution in [0.3, 0.4) is 0 Å². The Balaban J connectivity index is 1.11. The quantitative estimate of drug-likeness (QED) is 0.129. The molecule has 4 aromatic heterocycles. The molecule has 0 aromatic carbocycles. The summed E-state index contributed by atoms with van der Waals surface area (Å²) in [7, 11) is 0. The van der Waals surface area contributed by atoms with Crippen LogP contribution in [-0.2, 0) is 49.7 Å². The molecule has 19 nitrogen and oxygen atoms in total. The minimum atomic E-state index is -4.32. The van der Waals surface area contributed by atoms with Crippen LogP contribution in [0.5, 0.6) is 0 Å². The number of nitrogens with one attached hydrogen (secondary N) is 1. The standard InChI is InChI=1S/C25H30N8O11P2S2/c34-5-12-16-23(30-8-27-12)33(10-31-16)25-20-17(35)13(41-25)6-39-45(37,47)43-19-14(7-40-46(38,48)44-20)42-24(18(19)36)32-4-11-2-1-3-26-21-15(11)22(32)29-9-28-21/h4,8-10,13-14,17-20,24-25,34-36H,1-3,5-7H2,(H,37,47)(H,38,48)(H,26,28,29)/t13-,14-,17-,18-,19-,20-,24-,25-,45?,46?/m1/s1. The van der Waals surface area contributed by atoms with Gasteiger partial charge in [0.15, 0.2) is 18.1 Å². The first-order valence-electron chi connectivity index (χ1n) is 14.9. The van der Waals surface area contributed by atoms with E-state index in [1.165, 1.54) is 23.5 Å². The van der Waals surface area contributed by atoms with E-state index in [0.29, 0.717) is 11.5 Å². The molecule has 0 spiro atoms. The molecule has 0 amide bonds. The van der Waals surface area contributed by atoms with E-state index in [1.807, 2.05) is 6.20 Å². The zero-order valence-corrected chi connectivity index (χ0v) is 28.3. The molecule has 0 aliphatic carbocycles. The van der Waals surface area contributed by atoms with Gasteiger partial charge >= 0.3 is 13.6 Å². The number of anilines is 1. The average molecular weight is 745 g/mol. The summed E-state index contributed by atoms with van der Waals surface area (Å²) in [6.45, 7) is -9.31. The van der Waals surface area contributed by atoms with Crippen LogP contribution in [0.1, 0.15) is 30.1 Å². The van der Waals surface area contributed by atoms with Gasteiger partial charge in [-0.2, -0.15) is 0 Å². The number of aromatic nitrogens is 7. The minimum Gasteiger partial charge on any atom is -0.390 e.